The Morgan fingerprint density at radius 2 is 1.10 bits per heavy atom. The Bertz CT molecular complexity index is 1470. The Morgan fingerprint density at radius 3 is 1.59 bits per heavy atom. The molecule has 0 spiro atoms. The van der Waals surface area contributed by atoms with Crippen LogP contribution in [0.25, 0.3) is 10.9 Å². The highest BCUT2D eigenvalue weighted by Crippen LogP contribution is 2.12. The van der Waals surface area contributed by atoms with Gasteiger partial charge in [0.25, 0.3) is 0 Å². The highest BCUT2D eigenvalue weighted by Gasteiger charge is 1.91. The molecule has 0 saturated carbocycles. The van der Waals surface area contributed by atoms with Crippen molar-refractivity contribution >= 4 is 39.9 Å². The molecule has 6 aromatic rings. The van der Waals surface area contributed by atoms with Crippen LogP contribution in [0.3, 0.4) is 0 Å². The normalized spacial score (nSPS) is 9.22. The fourth-order valence-electron chi connectivity index (χ4n) is 2.90. The summed E-state index contributed by atoms with van der Waals surface area (Å²) in [7, 11) is 0. The molecule has 10 N–H and O–H groups in total. The summed E-state index contributed by atoms with van der Waals surface area (Å²) < 4.78 is 0. The predicted octanol–water partition coefficient (Wildman–Crippen LogP) is 5.09. The molecule has 4 aromatic heterocycles. The van der Waals surface area contributed by atoms with Crippen molar-refractivity contribution in [3.63, 3.8) is 0 Å². The fraction of sp³-hybridized carbons (Fsp3) is 0.0645. The summed E-state index contributed by atoms with van der Waals surface area (Å²) in [5, 5.41) is 1.09. The molecule has 0 aliphatic heterocycles. The number of aromatic nitrogens is 5. The average molecular weight is 549 g/mol. The van der Waals surface area contributed by atoms with Crippen molar-refractivity contribution in [2.45, 2.75) is 13.8 Å². The topological polar surface area (TPSA) is 195 Å². The Balaban J connectivity index is 0.000000182. The number of aryl methyl sites for hydroxylation is 2. The van der Waals surface area contributed by atoms with Crippen molar-refractivity contribution in [2.24, 2.45) is 0 Å². The summed E-state index contributed by atoms with van der Waals surface area (Å²) in [4.78, 5) is 19.0. The van der Waals surface area contributed by atoms with Crippen molar-refractivity contribution in [1.82, 2.24) is 24.9 Å². The van der Waals surface area contributed by atoms with E-state index in [9.17, 15) is 0 Å². The first-order chi connectivity index (χ1) is 19.7. The molecule has 0 atom stereocenters. The van der Waals surface area contributed by atoms with Gasteiger partial charge in [0, 0.05) is 35.9 Å². The van der Waals surface area contributed by atoms with E-state index >= 15 is 0 Å². The fourth-order valence-corrected chi connectivity index (χ4v) is 2.90. The number of anilines is 5. The van der Waals surface area contributed by atoms with Crippen molar-refractivity contribution in [3.05, 3.63) is 133 Å². The van der Waals surface area contributed by atoms with Gasteiger partial charge in [-0.1, -0.05) is 42.0 Å². The number of nitrogens with two attached hydrogens (primary N) is 5. The average Bonchev–Trinajstić information content (AvgIpc) is 2.97. The molecular weight excluding hydrogens is 512 g/mol. The zero-order valence-electron chi connectivity index (χ0n) is 23.2. The van der Waals surface area contributed by atoms with Gasteiger partial charge in [-0.15, -0.1) is 0 Å². The second-order valence-corrected chi connectivity index (χ2v) is 8.49. The lowest BCUT2D eigenvalue weighted by atomic mass is 10.2. The molecule has 0 aliphatic carbocycles. The summed E-state index contributed by atoms with van der Waals surface area (Å²) in [6.45, 7) is 4.03. The molecule has 0 fully saturated rings. The third-order valence-electron chi connectivity index (χ3n) is 4.90. The Morgan fingerprint density at radius 1 is 0.463 bits per heavy atom. The zero-order valence-corrected chi connectivity index (χ0v) is 23.2. The molecule has 4 heterocycles. The number of para-hydroxylation sites is 1. The van der Waals surface area contributed by atoms with Gasteiger partial charge < -0.3 is 28.7 Å². The molecule has 6 rings (SSSR count). The third kappa shape index (κ3) is 14.1. The lowest BCUT2D eigenvalue weighted by molar-refractivity contribution is 1.19. The van der Waals surface area contributed by atoms with Gasteiger partial charge in [-0.2, -0.15) is 0 Å². The van der Waals surface area contributed by atoms with E-state index in [2.05, 4.69) is 24.9 Å². The maximum absolute atomic E-state index is 5.56. The van der Waals surface area contributed by atoms with Gasteiger partial charge in [-0.25, -0.2) is 19.9 Å². The van der Waals surface area contributed by atoms with E-state index in [-0.39, 0.29) is 0 Å². The standard InChI is InChI=1S/C9H8N2.C7H9N.C6H8N2.C5H6N2.C4H5N3/c10-8-5-7-3-1-2-4-9(7)11-6-8;1-6-2-4-7(8)5-3-6;1-5-2-3-8-6(7)4-5;6-5-3-1-2-4-7-5;5-4-6-2-1-3-7-4/h1-6H,10H2;2-5H,8H2,1H3;2-4H,1H3,(H2,7,8);1-4H,(H2,6,7);1-3H,(H2,5,6,7). The molecule has 0 saturated heterocycles. The molecule has 41 heavy (non-hydrogen) atoms. The van der Waals surface area contributed by atoms with E-state index < -0.39 is 0 Å². The summed E-state index contributed by atoms with van der Waals surface area (Å²) in [5.41, 5.74) is 31.6. The molecule has 210 valence electrons. The quantitative estimate of drug-likeness (QED) is 0.159. The van der Waals surface area contributed by atoms with Crippen LogP contribution < -0.4 is 28.7 Å². The van der Waals surface area contributed by atoms with Gasteiger partial charge in [-0.05, 0) is 74.0 Å². The molecule has 0 bridgehead atoms. The number of fused-ring (bicyclic) bond motifs is 1. The number of nitrogens with zero attached hydrogens (tertiary/aromatic N) is 5. The first-order valence-electron chi connectivity index (χ1n) is 12.5. The van der Waals surface area contributed by atoms with Crippen LogP contribution in [0, 0.1) is 13.8 Å². The molecule has 10 heteroatoms. The van der Waals surface area contributed by atoms with Gasteiger partial charge in [-0.3, -0.25) is 4.98 Å². The second kappa shape index (κ2) is 17.7. The molecule has 0 radical (unpaired) electrons. The summed E-state index contributed by atoms with van der Waals surface area (Å²) in [6, 6.07) is 28.5. The van der Waals surface area contributed by atoms with Gasteiger partial charge in [0.2, 0.25) is 5.95 Å². The maximum atomic E-state index is 5.56. The smallest absolute Gasteiger partial charge is 0.219 e. The van der Waals surface area contributed by atoms with Crippen LogP contribution in [0.1, 0.15) is 11.1 Å². The molecular formula is C31H36N10. The predicted molar refractivity (Wildman–Crippen MR) is 170 cm³/mol. The van der Waals surface area contributed by atoms with Crippen LogP contribution >= 0.6 is 0 Å². The maximum Gasteiger partial charge on any atom is 0.219 e. The van der Waals surface area contributed by atoms with Crippen LogP contribution in [0.2, 0.25) is 0 Å². The molecule has 0 amide bonds. The third-order valence-corrected chi connectivity index (χ3v) is 4.90. The summed E-state index contributed by atoms with van der Waals surface area (Å²) in [5.74, 6) is 1.48. The summed E-state index contributed by atoms with van der Waals surface area (Å²) in [6.07, 6.45) is 8.23. The Labute approximate surface area is 240 Å². The lowest BCUT2D eigenvalue weighted by Crippen LogP contribution is -1.90. The molecule has 10 nitrogen and oxygen atoms in total. The number of nitrogen functional groups attached to an aromatic ring is 5. The van der Waals surface area contributed by atoms with E-state index in [1.54, 1.807) is 43.1 Å². The van der Waals surface area contributed by atoms with Crippen molar-refractivity contribution in [3.8, 4) is 0 Å². The van der Waals surface area contributed by atoms with Gasteiger partial charge in [0.05, 0.1) is 17.4 Å². The minimum Gasteiger partial charge on any atom is -0.399 e. The van der Waals surface area contributed by atoms with E-state index in [0.717, 1.165) is 22.2 Å². The first-order valence-corrected chi connectivity index (χ1v) is 12.5. The molecule has 0 aliphatic rings. The number of pyridine rings is 3. The minimum atomic E-state index is 0.322. The van der Waals surface area contributed by atoms with Crippen LogP contribution in [0.15, 0.2) is 122 Å². The second-order valence-electron chi connectivity index (χ2n) is 8.49. The van der Waals surface area contributed by atoms with Crippen molar-refractivity contribution in [2.75, 3.05) is 28.7 Å². The molecule has 0 unspecified atom stereocenters. The Hall–Kier alpha value is -5.77. The SMILES string of the molecule is Cc1ccc(N)cc1.Cc1ccnc(N)c1.Nc1ccccn1.Nc1cnc2ccccc2c1.Nc1ncccn1. The zero-order chi connectivity index (χ0) is 29.9. The minimum absolute atomic E-state index is 0.322. The van der Waals surface area contributed by atoms with E-state index in [1.165, 1.54) is 5.56 Å². The van der Waals surface area contributed by atoms with E-state index in [4.69, 9.17) is 28.7 Å². The van der Waals surface area contributed by atoms with Gasteiger partial charge in [0.15, 0.2) is 0 Å². The lowest BCUT2D eigenvalue weighted by Gasteiger charge is -1.95. The summed E-state index contributed by atoms with van der Waals surface area (Å²) >= 11 is 0. The van der Waals surface area contributed by atoms with Crippen LogP contribution in [-0.2, 0) is 0 Å². The van der Waals surface area contributed by atoms with Crippen LogP contribution in [0.4, 0.5) is 29.0 Å². The van der Waals surface area contributed by atoms with Crippen LogP contribution in [0.5, 0.6) is 0 Å². The first kappa shape index (κ1) is 31.4. The van der Waals surface area contributed by atoms with Crippen LogP contribution in [-0.4, -0.2) is 24.9 Å². The van der Waals surface area contributed by atoms with E-state index in [1.807, 2.05) is 92.7 Å². The number of hydrogen-bond acceptors (Lipinski definition) is 10. The number of benzene rings is 2. The number of hydrogen-bond donors (Lipinski definition) is 5. The highest BCUT2D eigenvalue weighted by atomic mass is 15.0. The number of rotatable bonds is 0. The monoisotopic (exact) mass is 548 g/mol. The van der Waals surface area contributed by atoms with Gasteiger partial charge >= 0.3 is 0 Å². The molecule has 2 aromatic carbocycles. The largest absolute Gasteiger partial charge is 0.399 e. The van der Waals surface area contributed by atoms with E-state index in [0.29, 0.717) is 23.3 Å². The van der Waals surface area contributed by atoms with Crippen molar-refractivity contribution in [1.29, 1.82) is 0 Å². The Kier molecular flexibility index (Phi) is 13.6. The van der Waals surface area contributed by atoms with Gasteiger partial charge in [0.1, 0.15) is 11.6 Å². The van der Waals surface area contributed by atoms with Crippen molar-refractivity contribution < 1.29 is 0 Å². The highest BCUT2D eigenvalue weighted by molar-refractivity contribution is 5.80.